The van der Waals surface area contributed by atoms with Crippen LogP contribution < -0.4 is 40.9 Å². The Labute approximate surface area is 821 Å². The largest absolute Gasteiger partial charge is 0.396 e. The lowest BCUT2D eigenvalue weighted by atomic mass is 9.90. The average Bonchev–Trinajstić information content (AvgIpc) is 1.56. The number of rotatable bonds is 30. The number of amides is 4. The summed E-state index contributed by atoms with van der Waals surface area (Å²) in [6.45, 7) is 11.2. The van der Waals surface area contributed by atoms with Crippen LogP contribution in [0.25, 0.3) is 0 Å². The highest BCUT2D eigenvalue weighted by Gasteiger charge is 2.39. The molecule has 141 heavy (non-hydrogen) atoms. The Hall–Kier alpha value is -14.6. The van der Waals surface area contributed by atoms with Crippen molar-refractivity contribution in [2.75, 3.05) is 119 Å². The molecule has 4 saturated heterocycles. The van der Waals surface area contributed by atoms with Gasteiger partial charge in [0.25, 0.3) is 23.6 Å². The summed E-state index contributed by atoms with van der Waals surface area (Å²) in [6.07, 6.45) is 30.0. The van der Waals surface area contributed by atoms with Gasteiger partial charge in [0, 0.05) is 189 Å². The van der Waals surface area contributed by atoms with Crippen LogP contribution in [-0.2, 0) is 25.7 Å². The van der Waals surface area contributed by atoms with Crippen molar-refractivity contribution in [2.45, 2.75) is 147 Å². The number of aliphatic hydroxyl groups excluding tert-OH is 1. The Balaban J connectivity index is 0.000000158. The number of benzene rings is 8. The third-order valence-electron chi connectivity index (χ3n) is 25.4. The van der Waals surface area contributed by atoms with Crippen molar-refractivity contribution in [2.24, 2.45) is 11.8 Å². The van der Waals surface area contributed by atoms with Crippen molar-refractivity contribution in [3.05, 3.63) is 332 Å². The lowest BCUT2D eigenvalue weighted by Crippen LogP contribution is -2.42. The molecule has 0 bridgehead atoms. The van der Waals surface area contributed by atoms with Crippen molar-refractivity contribution < 1.29 is 55.7 Å². The van der Waals surface area contributed by atoms with Crippen LogP contribution >= 0.6 is 0 Å². The second-order valence-electron chi connectivity index (χ2n) is 36.4. The van der Waals surface area contributed by atoms with Crippen LogP contribution in [0, 0.1) is 82.5 Å². The van der Waals surface area contributed by atoms with Gasteiger partial charge in [-0.05, 0) is 328 Å². The SMILES string of the molecule is CC(F)(F)C1CCN(c2ccc(C(=O)NCCCc3cn[nH]c3)cc2C#Cc2ccc(F)cc2)CC1.CCC1CCCN(c2ccc(C(=O)NCCCc3cn[nH]c3)cc2C#Cc2ccc(F)cc2)C1.CN(C)CC1(O)CCN(c2ccc(C(=O)NCCCc3cn[nH]c3)cc2C#Cc2ccc(F)cc2)C1.O=C(NCCCc1cn[nH]c1)c1ccc(N2CCCCC2CCO)c(C#Cc2ccc(F)cc2)c1. The number of hydrogen-bond acceptors (Lipinski definition) is 15. The molecule has 12 aromatic rings. The fraction of sp³-hybridized carbons (Fsp3) is 0.357. The molecule has 3 unspecified atom stereocenters. The summed E-state index contributed by atoms with van der Waals surface area (Å²) in [5.74, 6) is 20.6. The number of aromatic amines is 4. The van der Waals surface area contributed by atoms with Crippen molar-refractivity contribution in [1.82, 2.24) is 67.0 Å². The predicted molar refractivity (Wildman–Crippen MR) is 540 cm³/mol. The molecule has 4 amide bonds. The maximum absolute atomic E-state index is 13.8. The van der Waals surface area contributed by atoms with Gasteiger partial charge < -0.3 is 56.0 Å². The standard InChI is InChI=1S/C28H29F3N4O.C28H32FN5O2.C28H31FN4O2.C28H31FN4O/c1-28(30,31)24-12-15-35(16-13-24)26-11-8-23(27(36)32-14-2-3-21-18-33-34-19-21)17-22(26)7-4-20-5-9-25(29)10-6-20;1-33(2)19-28(36)13-15-34(20-28)26-12-9-24(27(35)30-14-3-4-22-17-31-32-18-22)16-23(26)8-5-21-6-10-25(29)11-7-21;29-25-11-7-21(8-12-25)6-9-23-18-24(28(35)30-15-3-4-22-19-31-32-20-22)10-13-27(23)33-16-2-1-5-26(33)14-17-34;1-2-21-6-4-16-33(20-21)27-14-11-25(28(34)30-15-3-5-23-18-31-32-19-23)17-24(27)10-7-22-8-12-26(29)13-9-22/h5-6,8-11,17-19,24H,2-3,12-16H2,1H3,(H,32,36)(H,33,34);6-7,9-12,16-18,36H,3-4,13-15,19-20H2,1-2H3,(H,30,35)(H,31,32);7-8,10-13,18-20,26,34H,1-5,14-17H2,(H,30,35)(H,31,32);8-9,11-14,17-19,21H,2-6,15-16,20H2,1H3,(H,30,34)(H,31,32). The molecule has 4 aliphatic heterocycles. The third-order valence-corrected chi connectivity index (χ3v) is 25.4. The minimum atomic E-state index is -2.70. The molecule has 734 valence electrons. The van der Waals surface area contributed by atoms with Gasteiger partial charge in [-0.2, -0.15) is 20.4 Å². The molecule has 4 aromatic heterocycles. The third kappa shape index (κ3) is 32.2. The highest BCUT2D eigenvalue weighted by atomic mass is 19.3. The van der Waals surface area contributed by atoms with Crippen LogP contribution in [0.1, 0.15) is 212 Å². The van der Waals surface area contributed by atoms with Gasteiger partial charge in [-0.15, -0.1) is 0 Å². The van der Waals surface area contributed by atoms with Crippen molar-refractivity contribution in [3.63, 3.8) is 0 Å². The molecule has 4 fully saturated rings. The number of aromatic nitrogens is 8. The van der Waals surface area contributed by atoms with E-state index in [-0.39, 0.29) is 59.5 Å². The van der Waals surface area contributed by atoms with Gasteiger partial charge in [0.2, 0.25) is 5.92 Å². The van der Waals surface area contributed by atoms with Crippen molar-refractivity contribution in [3.8, 4) is 47.4 Å². The van der Waals surface area contributed by atoms with Gasteiger partial charge in [-0.3, -0.25) is 39.6 Å². The molecule has 23 nitrogen and oxygen atoms in total. The van der Waals surface area contributed by atoms with Gasteiger partial charge in [-0.25, -0.2) is 26.3 Å². The summed E-state index contributed by atoms with van der Waals surface area (Å²) < 4.78 is 80.7. The van der Waals surface area contributed by atoms with E-state index < -0.39 is 17.4 Å². The second kappa shape index (κ2) is 52.4. The van der Waals surface area contributed by atoms with Gasteiger partial charge in [-0.1, -0.05) is 60.7 Å². The summed E-state index contributed by atoms with van der Waals surface area (Å²) in [6, 6.07) is 46.6. The molecule has 8 heterocycles. The number of H-pyrrole nitrogens is 4. The zero-order valence-corrected chi connectivity index (χ0v) is 80.3. The van der Waals surface area contributed by atoms with E-state index in [4.69, 9.17) is 0 Å². The van der Waals surface area contributed by atoms with Crippen molar-refractivity contribution in [1.29, 1.82) is 0 Å². The molecule has 3 atom stereocenters. The molecule has 10 N–H and O–H groups in total. The number of piperidine rings is 3. The summed E-state index contributed by atoms with van der Waals surface area (Å²) >= 11 is 0. The zero-order valence-electron chi connectivity index (χ0n) is 80.3. The molecule has 29 heteroatoms. The van der Waals surface area contributed by atoms with Crippen molar-refractivity contribution >= 4 is 46.4 Å². The highest BCUT2D eigenvalue weighted by Crippen LogP contribution is 2.38. The Kier molecular flexibility index (Phi) is 38.6. The molecule has 4 aliphatic rings. The summed E-state index contributed by atoms with van der Waals surface area (Å²) in [5, 5.41) is 59.4. The number of nitrogens with zero attached hydrogens (tertiary/aromatic N) is 9. The fourth-order valence-electron chi connectivity index (χ4n) is 17.7. The number of carbonyl (C=O) groups excluding carboxylic acids is 4. The molecule has 0 aliphatic carbocycles. The van der Waals surface area contributed by atoms with Crippen LogP contribution in [-0.4, -0.2) is 196 Å². The van der Waals surface area contributed by atoms with E-state index in [1.807, 2.05) is 97.2 Å². The molecule has 16 rings (SSSR count). The lowest BCUT2D eigenvalue weighted by Gasteiger charge is -2.38. The molecule has 0 radical (unpaired) electrons. The topological polar surface area (TPSA) is 288 Å². The Bertz CT molecular complexity index is 6280. The van der Waals surface area contributed by atoms with E-state index in [9.17, 15) is 55.7 Å². The Morgan fingerprint density at radius 2 is 0.794 bits per heavy atom. The number of anilines is 4. The van der Waals surface area contributed by atoms with Crippen LogP contribution in [0.5, 0.6) is 0 Å². The molecular weight excluding hydrogens is 1790 g/mol. The van der Waals surface area contributed by atoms with Crippen LogP contribution in [0.4, 0.5) is 49.1 Å². The summed E-state index contributed by atoms with van der Waals surface area (Å²) in [7, 11) is 3.89. The lowest BCUT2D eigenvalue weighted by molar-refractivity contribution is -0.0482. The molecule has 8 aromatic carbocycles. The second-order valence-corrected chi connectivity index (χ2v) is 36.4. The van der Waals surface area contributed by atoms with E-state index in [0.717, 1.165) is 172 Å². The summed E-state index contributed by atoms with van der Waals surface area (Å²) in [4.78, 5) is 62.2. The zero-order chi connectivity index (χ0) is 99.3. The number of alkyl halides is 2. The minimum Gasteiger partial charge on any atom is -0.396 e. The molecular formula is C112H123F6N17O6. The van der Waals surface area contributed by atoms with E-state index in [0.29, 0.717) is 141 Å². The number of halogens is 6. The first-order valence-corrected chi connectivity index (χ1v) is 48.4. The number of β-amino-alcohol motifs (C(OH)–C–C–N with tert-alkyl or cyclic N) is 1. The van der Waals surface area contributed by atoms with E-state index in [1.54, 1.807) is 97.6 Å². The van der Waals surface area contributed by atoms with Crippen LogP contribution in [0.3, 0.4) is 0 Å². The van der Waals surface area contributed by atoms with Gasteiger partial charge in [0.05, 0.1) is 53.1 Å². The van der Waals surface area contributed by atoms with Gasteiger partial charge in [0.1, 0.15) is 23.3 Å². The van der Waals surface area contributed by atoms with Crippen LogP contribution in [0.2, 0.25) is 0 Å². The smallest absolute Gasteiger partial charge is 0.251 e. The first kappa shape index (κ1) is 104. The van der Waals surface area contributed by atoms with E-state index in [1.165, 1.54) is 55.0 Å². The van der Waals surface area contributed by atoms with Crippen LogP contribution in [0.15, 0.2) is 219 Å². The molecule has 0 saturated carbocycles. The van der Waals surface area contributed by atoms with Gasteiger partial charge in [0.15, 0.2) is 0 Å². The molecule has 0 spiro atoms. The number of hydrogen-bond donors (Lipinski definition) is 10. The maximum atomic E-state index is 13.8. The van der Waals surface area contributed by atoms with E-state index in [2.05, 4.69) is 131 Å². The minimum absolute atomic E-state index is 0.103. The number of aryl methyl sites for hydroxylation is 4. The Morgan fingerprint density at radius 3 is 1.13 bits per heavy atom. The quantitative estimate of drug-likeness (QED) is 0.0114. The first-order chi connectivity index (χ1) is 68.4. The highest BCUT2D eigenvalue weighted by molar-refractivity contribution is 5.97. The fourth-order valence-corrected chi connectivity index (χ4v) is 17.7. The van der Waals surface area contributed by atoms with E-state index >= 15 is 0 Å². The number of aliphatic hydroxyl groups is 2. The monoisotopic (exact) mass is 1920 g/mol. The Morgan fingerprint density at radius 1 is 0.440 bits per heavy atom. The number of likely N-dealkylation sites (N-methyl/N-ethyl adjacent to an activating group) is 1. The van der Waals surface area contributed by atoms with Gasteiger partial charge >= 0.3 is 0 Å². The number of nitrogens with one attached hydrogen (secondary N) is 8. The normalized spacial score (nSPS) is 15.6. The predicted octanol–water partition coefficient (Wildman–Crippen LogP) is 17.0. The maximum Gasteiger partial charge on any atom is 0.251 e. The average molecular weight is 1920 g/mol. The number of carbonyl (C=O) groups is 4. The first-order valence-electron chi connectivity index (χ1n) is 48.4. The summed E-state index contributed by atoms with van der Waals surface area (Å²) in [5.41, 5.74) is 15.1.